The monoisotopic (exact) mass is 1440 g/mol. The van der Waals surface area contributed by atoms with E-state index in [4.69, 9.17) is 37.0 Å². The summed E-state index contributed by atoms with van der Waals surface area (Å²) in [6, 6.07) is 0. The molecule has 0 aliphatic rings. The fraction of sp³-hybridized carbons (Fsp3) is 0.679. The Morgan fingerprint density at radius 3 is 0.890 bits per heavy atom. The zero-order valence-electron chi connectivity index (χ0n) is 62.3. The summed E-state index contributed by atoms with van der Waals surface area (Å²) in [5.74, 6) is -2.42. The number of aliphatic hydroxyl groups excluding tert-OH is 1. The van der Waals surface area contributed by atoms with E-state index in [0.29, 0.717) is 32.1 Å². The van der Waals surface area contributed by atoms with Gasteiger partial charge in [0, 0.05) is 19.3 Å². The second-order valence-corrected chi connectivity index (χ2v) is 28.1. The average molecular weight is 1440 g/mol. The molecule has 3 N–H and O–H groups in total. The highest BCUT2D eigenvalue weighted by molar-refractivity contribution is 7.47. The minimum atomic E-state index is -5.02. The van der Waals surface area contributed by atoms with Crippen LogP contribution in [0.3, 0.4) is 0 Å². The zero-order valence-corrected chi connectivity index (χ0v) is 64.1. The van der Waals surface area contributed by atoms with Crippen LogP contribution in [0, 0.1) is 0 Å². The number of aliphatic hydroxyl groups is 1. The summed E-state index contributed by atoms with van der Waals surface area (Å²) in [5.41, 5.74) is 0. The molecule has 0 spiro atoms. The van der Waals surface area contributed by atoms with Crippen molar-refractivity contribution in [3.8, 4) is 0 Å². The summed E-state index contributed by atoms with van der Waals surface area (Å²) < 4.78 is 68.2. The van der Waals surface area contributed by atoms with Gasteiger partial charge in [0.25, 0.3) is 0 Å². The third kappa shape index (κ3) is 71.6. The summed E-state index contributed by atoms with van der Waals surface area (Å²) in [7, 11) is -10.00. The van der Waals surface area contributed by atoms with E-state index in [1.165, 1.54) is 109 Å². The first-order valence-electron chi connectivity index (χ1n) is 38.4. The zero-order chi connectivity index (χ0) is 73.2. The Morgan fingerprint density at radius 1 is 0.300 bits per heavy atom. The van der Waals surface area contributed by atoms with E-state index in [0.717, 1.165) is 103 Å². The number of ether oxygens (including phenoxy) is 4. The Bertz CT molecular complexity index is 2420. The lowest BCUT2D eigenvalue weighted by atomic mass is 10.0. The molecule has 0 fully saturated rings. The van der Waals surface area contributed by atoms with E-state index in [1.807, 2.05) is 30.4 Å². The minimum absolute atomic E-state index is 0.0136. The molecule has 100 heavy (non-hydrogen) atoms. The van der Waals surface area contributed by atoms with Crippen molar-refractivity contribution < 1.29 is 80.2 Å². The predicted molar refractivity (Wildman–Crippen MR) is 408 cm³/mol. The molecular formula is C81H136O17P2. The van der Waals surface area contributed by atoms with Crippen molar-refractivity contribution in [2.45, 2.75) is 316 Å². The number of carbonyl (C=O) groups excluding carboxylic acids is 4. The van der Waals surface area contributed by atoms with Gasteiger partial charge < -0.3 is 33.8 Å². The maximum Gasteiger partial charge on any atom is 0.472 e. The van der Waals surface area contributed by atoms with Gasteiger partial charge in [-0.25, -0.2) is 9.13 Å². The lowest BCUT2D eigenvalue weighted by molar-refractivity contribution is -0.161. The molecule has 0 aliphatic heterocycles. The van der Waals surface area contributed by atoms with Crippen molar-refractivity contribution in [2.75, 3.05) is 39.6 Å². The SMILES string of the molecule is CC/C=C\C/C=C\C/C=C\C/C=C\C/C=C\C/C=C\CCC(=O)OCC(COP(=O)(O)OCC(O)COP(=O)(O)OCC(COC(=O)CCCCCCCCCCCCCCCCC)OC(=O)CCCCCCCCCCCCC)OC(=O)C/C=C\C/C=C\C/C=C\C/C=C\C/C=C\CC. The lowest BCUT2D eigenvalue weighted by Gasteiger charge is -2.21. The molecule has 0 heterocycles. The minimum Gasteiger partial charge on any atom is -0.462 e. The third-order valence-electron chi connectivity index (χ3n) is 15.7. The van der Waals surface area contributed by atoms with Crippen molar-refractivity contribution in [1.82, 2.24) is 0 Å². The van der Waals surface area contributed by atoms with E-state index in [9.17, 15) is 43.2 Å². The molecule has 0 aliphatic carbocycles. The topological polar surface area (TPSA) is 237 Å². The highest BCUT2D eigenvalue weighted by Gasteiger charge is 2.30. The fourth-order valence-corrected chi connectivity index (χ4v) is 11.5. The molecule has 0 rings (SSSR count). The number of allylic oxidation sites excluding steroid dienone is 21. The predicted octanol–water partition coefficient (Wildman–Crippen LogP) is 22.1. The van der Waals surface area contributed by atoms with Gasteiger partial charge in [0.2, 0.25) is 0 Å². The standard InChI is InChI=1S/C81H136O17P2/c1-5-9-13-17-21-25-29-32-35-36-37-38-41-43-47-50-54-58-62-66-79(84)92-72-77(98-81(86)68-64-60-56-52-48-44-40-34-31-27-23-19-15-11-7-3)74-96-100(89,90)94-70-75(82)69-93-99(87,88)95-73-76(97-80(85)67-63-59-55-51-45-28-24-20-16-12-8-4)71-91-78(83)65-61-57-53-49-46-42-39-33-30-26-22-18-14-10-6-2/h9,11,13,15,21,23,25,27,32,34-35,37-38,40,43,47-48,52,54,58,60,64,75-77,82H,5-8,10,12,14,16-20,22,24,26,28-31,33,36,39,41-42,44-46,49-51,53,55-57,59,61-63,65-74H2,1-4H3,(H,87,88)(H,89,90)/b13-9-,15-11-,25-21-,27-23-,35-32-,38-37-,40-34-,47-43-,52-48-,58-54-,64-60-. The van der Waals surface area contributed by atoms with Crippen molar-refractivity contribution in [1.29, 1.82) is 0 Å². The van der Waals surface area contributed by atoms with Crippen LogP contribution >= 0.6 is 15.6 Å². The Labute approximate surface area is 605 Å². The van der Waals surface area contributed by atoms with Crippen LogP contribution in [-0.4, -0.2) is 96.7 Å². The molecule has 0 saturated carbocycles. The Kier molecular flexibility index (Phi) is 69.1. The summed E-state index contributed by atoms with van der Waals surface area (Å²) in [4.78, 5) is 72.7. The summed E-state index contributed by atoms with van der Waals surface area (Å²) in [6.07, 6.45) is 80.7. The molecule has 572 valence electrons. The molecule has 17 nitrogen and oxygen atoms in total. The van der Waals surface area contributed by atoms with Crippen molar-refractivity contribution >= 4 is 39.5 Å². The maximum atomic E-state index is 13.1. The summed E-state index contributed by atoms with van der Waals surface area (Å²) in [6.45, 7) is 4.44. The number of esters is 4. The highest BCUT2D eigenvalue weighted by Crippen LogP contribution is 2.45. The Hall–Kier alpha value is -4.80. The number of hydrogen-bond donors (Lipinski definition) is 3. The van der Waals surface area contributed by atoms with Crippen LogP contribution in [0.5, 0.6) is 0 Å². The fourth-order valence-electron chi connectivity index (χ4n) is 9.91. The number of carbonyl (C=O) groups is 4. The first kappa shape index (κ1) is 95.2. The van der Waals surface area contributed by atoms with Gasteiger partial charge in [-0.15, -0.1) is 0 Å². The molecule has 0 bridgehead atoms. The summed E-state index contributed by atoms with van der Waals surface area (Å²) >= 11 is 0. The van der Waals surface area contributed by atoms with Crippen LogP contribution in [0.4, 0.5) is 0 Å². The average Bonchev–Trinajstić information content (AvgIpc) is 0.985. The van der Waals surface area contributed by atoms with Crippen LogP contribution in [0.1, 0.15) is 297 Å². The molecule has 0 aromatic carbocycles. The quantitative estimate of drug-likeness (QED) is 0.0169. The number of rotatable bonds is 71. The van der Waals surface area contributed by atoms with Crippen LogP contribution < -0.4 is 0 Å². The summed E-state index contributed by atoms with van der Waals surface area (Å²) in [5, 5.41) is 10.6. The van der Waals surface area contributed by atoms with Crippen LogP contribution in [-0.2, 0) is 65.4 Å². The molecule has 0 amide bonds. The molecular weight excluding hydrogens is 1310 g/mol. The molecule has 5 unspecified atom stereocenters. The first-order valence-corrected chi connectivity index (χ1v) is 41.4. The molecule has 0 radical (unpaired) electrons. The van der Waals surface area contributed by atoms with Gasteiger partial charge in [0.1, 0.15) is 19.3 Å². The second-order valence-electron chi connectivity index (χ2n) is 25.2. The number of phosphoric ester groups is 2. The van der Waals surface area contributed by atoms with Crippen LogP contribution in [0.15, 0.2) is 134 Å². The smallest absolute Gasteiger partial charge is 0.462 e. The second kappa shape index (κ2) is 72.5. The van der Waals surface area contributed by atoms with Crippen molar-refractivity contribution in [3.05, 3.63) is 134 Å². The van der Waals surface area contributed by atoms with Gasteiger partial charge in [0.15, 0.2) is 12.2 Å². The Balaban J connectivity index is 5.45. The largest absolute Gasteiger partial charge is 0.472 e. The molecule has 0 aromatic rings. The van der Waals surface area contributed by atoms with E-state index in [-0.39, 0.29) is 25.7 Å². The van der Waals surface area contributed by atoms with Gasteiger partial charge >= 0.3 is 39.5 Å². The normalized spacial score (nSPS) is 14.7. The third-order valence-corrected chi connectivity index (χ3v) is 17.6. The maximum absolute atomic E-state index is 13.1. The van der Waals surface area contributed by atoms with Gasteiger partial charge in [-0.1, -0.05) is 315 Å². The van der Waals surface area contributed by atoms with Crippen LogP contribution in [0.2, 0.25) is 0 Å². The number of hydrogen-bond acceptors (Lipinski definition) is 15. The van der Waals surface area contributed by atoms with Gasteiger partial charge in [-0.2, -0.15) is 0 Å². The van der Waals surface area contributed by atoms with Gasteiger partial charge in [-0.05, 0) is 89.9 Å². The lowest BCUT2D eigenvalue weighted by Crippen LogP contribution is -2.30. The highest BCUT2D eigenvalue weighted by atomic mass is 31.2. The van der Waals surface area contributed by atoms with E-state index < -0.39 is 97.5 Å². The first-order chi connectivity index (χ1) is 48.7. The van der Waals surface area contributed by atoms with Crippen molar-refractivity contribution in [2.24, 2.45) is 0 Å². The molecule has 0 aromatic heterocycles. The number of unbranched alkanes of at least 4 members (excludes halogenated alkanes) is 24. The number of phosphoric acid groups is 2. The van der Waals surface area contributed by atoms with E-state index >= 15 is 0 Å². The molecule has 0 saturated heterocycles. The van der Waals surface area contributed by atoms with E-state index in [1.54, 1.807) is 12.2 Å². The van der Waals surface area contributed by atoms with Crippen molar-refractivity contribution in [3.63, 3.8) is 0 Å². The Morgan fingerprint density at radius 2 is 0.560 bits per heavy atom. The molecule has 19 heteroatoms. The van der Waals surface area contributed by atoms with Crippen LogP contribution in [0.25, 0.3) is 0 Å². The van der Waals surface area contributed by atoms with Gasteiger partial charge in [0.05, 0.1) is 32.8 Å². The molecule has 5 atom stereocenters. The van der Waals surface area contributed by atoms with E-state index in [2.05, 4.69) is 119 Å². The van der Waals surface area contributed by atoms with Gasteiger partial charge in [-0.3, -0.25) is 37.3 Å².